The van der Waals surface area contributed by atoms with Crippen molar-refractivity contribution < 1.29 is 18.7 Å². The van der Waals surface area contributed by atoms with Crippen LogP contribution >= 0.6 is 7.60 Å². The lowest BCUT2D eigenvalue weighted by Crippen LogP contribution is -2.09. The van der Waals surface area contributed by atoms with Gasteiger partial charge in [0.1, 0.15) is 0 Å². The van der Waals surface area contributed by atoms with E-state index >= 15 is 0 Å². The van der Waals surface area contributed by atoms with E-state index in [1.165, 1.54) is 13.4 Å². The van der Waals surface area contributed by atoms with Crippen LogP contribution in [0.2, 0.25) is 0 Å². The van der Waals surface area contributed by atoms with Crippen molar-refractivity contribution in [1.29, 1.82) is 5.26 Å². The molecule has 0 radical (unpaired) electrons. The zero-order chi connectivity index (χ0) is 10.3. The van der Waals surface area contributed by atoms with E-state index in [1.54, 1.807) is 0 Å². The monoisotopic (exact) mass is 207 g/mol. The van der Waals surface area contributed by atoms with Crippen molar-refractivity contribution in [1.82, 2.24) is 0 Å². The summed E-state index contributed by atoms with van der Waals surface area (Å²) in [5, 5.41) is 8.29. The normalized spacial score (nSPS) is 15.0. The van der Waals surface area contributed by atoms with E-state index in [0.717, 1.165) is 0 Å². The molecule has 5 nitrogen and oxygen atoms in total. The minimum atomic E-state index is -3.41. The zero-order valence-electron chi connectivity index (χ0n) is 8.02. The van der Waals surface area contributed by atoms with Crippen molar-refractivity contribution in [2.75, 3.05) is 7.11 Å². The lowest BCUT2D eigenvalue weighted by Gasteiger charge is -2.19. The van der Waals surface area contributed by atoms with E-state index in [-0.39, 0.29) is 5.66 Å². The molecule has 0 aromatic rings. The lowest BCUT2D eigenvalue weighted by atomic mass is 10.3. The minimum absolute atomic E-state index is 0.299. The molecule has 0 amide bonds. The SMILES string of the molecule is CCC(CC)P(=O)(OC#N)OOC. The standard InChI is InChI=1S/C7H14NO4P/c1-4-7(5-2)13(9,11-6-8)12-10-3/h7H,4-5H2,1-3H3. The minimum Gasteiger partial charge on any atom is -0.347 e. The molecular weight excluding hydrogens is 193 g/mol. The van der Waals surface area contributed by atoms with Crippen molar-refractivity contribution in [3.05, 3.63) is 0 Å². The molecule has 0 saturated heterocycles. The summed E-state index contributed by atoms with van der Waals surface area (Å²) in [6.07, 6.45) is 2.59. The molecule has 0 aliphatic carbocycles. The molecule has 0 N–H and O–H groups in total. The summed E-state index contributed by atoms with van der Waals surface area (Å²) in [4.78, 5) is 4.30. The van der Waals surface area contributed by atoms with Crippen LogP contribution in [0.1, 0.15) is 26.7 Å². The summed E-state index contributed by atoms with van der Waals surface area (Å²) in [6, 6.07) is 0. The van der Waals surface area contributed by atoms with Gasteiger partial charge in [-0.05, 0) is 12.8 Å². The molecule has 6 heteroatoms. The molecule has 0 saturated carbocycles. The Morgan fingerprint density at radius 2 is 2.00 bits per heavy atom. The van der Waals surface area contributed by atoms with Crippen molar-refractivity contribution in [2.24, 2.45) is 0 Å². The first-order chi connectivity index (χ1) is 6.14. The summed E-state index contributed by atoms with van der Waals surface area (Å²) >= 11 is 0. The van der Waals surface area contributed by atoms with Gasteiger partial charge in [-0.3, -0.25) is 0 Å². The van der Waals surface area contributed by atoms with Crippen molar-refractivity contribution in [2.45, 2.75) is 32.3 Å². The highest BCUT2D eigenvalue weighted by Crippen LogP contribution is 2.55. The predicted molar refractivity (Wildman–Crippen MR) is 46.8 cm³/mol. The Labute approximate surface area is 78.1 Å². The summed E-state index contributed by atoms with van der Waals surface area (Å²) < 4.78 is 20.7. The van der Waals surface area contributed by atoms with E-state index in [0.29, 0.717) is 12.8 Å². The molecule has 0 aromatic carbocycles. The van der Waals surface area contributed by atoms with E-state index in [1.807, 2.05) is 13.8 Å². The Morgan fingerprint density at radius 3 is 2.31 bits per heavy atom. The van der Waals surface area contributed by atoms with Gasteiger partial charge < -0.3 is 4.52 Å². The number of nitriles is 1. The van der Waals surface area contributed by atoms with E-state index in [4.69, 9.17) is 5.26 Å². The smallest absolute Gasteiger partial charge is 0.347 e. The van der Waals surface area contributed by atoms with Crippen LogP contribution < -0.4 is 0 Å². The summed E-state index contributed by atoms with van der Waals surface area (Å²) in [5.74, 6) is 0. The van der Waals surface area contributed by atoms with Gasteiger partial charge in [0.05, 0.1) is 12.8 Å². The van der Waals surface area contributed by atoms with E-state index in [9.17, 15) is 4.57 Å². The van der Waals surface area contributed by atoms with Gasteiger partial charge in [0.2, 0.25) is 0 Å². The molecule has 0 heterocycles. The van der Waals surface area contributed by atoms with Crippen LogP contribution in [-0.2, 0) is 18.7 Å². The number of hydrogen-bond donors (Lipinski definition) is 0. The molecule has 0 aliphatic rings. The molecular formula is C7H14NO4P. The first-order valence-corrected chi connectivity index (χ1v) is 5.65. The van der Waals surface area contributed by atoms with Crippen LogP contribution in [0.15, 0.2) is 0 Å². The Morgan fingerprint density at radius 1 is 1.46 bits per heavy atom. The molecule has 0 fully saturated rings. The Kier molecular flexibility index (Phi) is 5.72. The molecule has 76 valence electrons. The molecule has 0 aliphatic heterocycles. The number of hydrogen-bond acceptors (Lipinski definition) is 5. The van der Waals surface area contributed by atoms with Gasteiger partial charge in [-0.2, -0.15) is 0 Å². The van der Waals surface area contributed by atoms with Crippen LogP contribution in [-0.4, -0.2) is 12.8 Å². The largest absolute Gasteiger partial charge is 0.418 e. The molecule has 13 heavy (non-hydrogen) atoms. The number of rotatable bonds is 6. The number of nitrogens with zero attached hydrogens (tertiary/aromatic N) is 1. The van der Waals surface area contributed by atoms with Crippen LogP contribution in [0.25, 0.3) is 0 Å². The highest BCUT2D eigenvalue weighted by Gasteiger charge is 2.36. The van der Waals surface area contributed by atoms with Gasteiger partial charge in [-0.15, -0.1) is 9.94 Å². The van der Waals surface area contributed by atoms with Crippen LogP contribution in [0.5, 0.6) is 0 Å². The van der Waals surface area contributed by atoms with Crippen LogP contribution in [0.4, 0.5) is 0 Å². The molecule has 0 rings (SSSR count). The fraction of sp³-hybridized carbons (Fsp3) is 0.857. The second-order valence-electron chi connectivity index (χ2n) is 2.43. The third-order valence-electron chi connectivity index (χ3n) is 1.74. The van der Waals surface area contributed by atoms with Crippen molar-refractivity contribution in [3.8, 4) is 6.26 Å². The maximum absolute atomic E-state index is 11.8. The third-order valence-corrected chi connectivity index (χ3v) is 4.05. The third kappa shape index (κ3) is 3.35. The molecule has 0 spiro atoms. The van der Waals surface area contributed by atoms with Crippen molar-refractivity contribution in [3.63, 3.8) is 0 Å². The average molecular weight is 207 g/mol. The Hall–Kier alpha value is -0.560. The van der Waals surface area contributed by atoms with Gasteiger partial charge in [0, 0.05) is 0 Å². The quantitative estimate of drug-likeness (QED) is 0.289. The van der Waals surface area contributed by atoms with E-state index < -0.39 is 7.60 Å². The fourth-order valence-electron chi connectivity index (χ4n) is 1.05. The Bertz CT molecular complexity index is 221. The van der Waals surface area contributed by atoms with Crippen LogP contribution in [0, 0.1) is 11.5 Å². The van der Waals surface area contributed by atoms with Gasteiger partial charge in [0.25, 0.3) is 6.26 Å². The van der Waals surface area contributed by atoms with Crippen LogP contribution in [0.3, 0.4) is 0 Å². The molecule has 1 atom stereocenters. The highest BCUT2D eigenvalue weighted by molar-refractivity contribution is 7.54. The molecule has 0 bridgehead atoms. The summed E-state index contributed by atoms with van der Waals surface area (Å²) in [5.41, 5.74) is -0.299. The predicted octanol–water partition coefficient (Wildman–Crippen LogP) is 2.44. The second-order valence-corrected chi connectivity index (χ2v) is 4.58. The molecule has 1 unspecified atom stereocenters. The van der Waals surface area contributed by atoms with Gasteiger partial charge in [-0.25, -0.2) is 9.45 Å². The van der Waals surface area contributed by atoms with Gasteiger partial charge >= 0.3 is 7.60 Å². The fourth-order valence-corrected chi connectivity index (χ4v) is 2.56. The molecule has 0 aromatic heterocycles. The maximum atomic E-state index is 11.8. The lowest BCUT2D eigenvalue weighted by molar-refractivity contribution is -0.186. The first-order valence-electron chi connectivity index (χ1n) is 4.04. The topological polar surface area (TPSA) is 68.6 Å². The Balaban J connectivity index is 4.56. The van der Waals surface area contributed by atoms with Crippen molar-refractivity contribution >= 4 is 7.60 Å². The summed E-state index contributed by atoms with van der Waals surface area (Å²) in [6.45, 7) is 3.70. The first kappa shape index (κ1) is 12.4. The maximum Gasteiger partial charge on any atom is 0.418 e. The van der Waals surface area contributed by atoms with Gasteiger partial charge in [0.15, 0.2) is 0 Å². The van der Waals surface area contributed by atoms with Gasteiger partial charge in [-0.1, -0.05) is 13.8 Å². The second kappa shape index (κ2) is 5.98. The zero-order valence-corrected chi connectivity index (χ0v) is 8.91. The summed E-state index contributed by atoms with van der Waals surface area (Å²) in [7, 11) is -2.18. The van der Waals surface area contributed by atoms with E-state index in [2.05, 4.69) is 14.1 Å². The average Bonchev–Trinajstić information content (AvgIpc) is 2.07. The highest BCUT2D eigenvalue weighted by atomic mass is 31.2.